The first-order valence-electron chi connectivity index (χ1n) is 9.45. The number of aryl methyl sites for hydroxylation is 1. The van der Waals surface area contributed by atoms with Crippen molar-refractivity contribution >= 4 is 5.97 Å². The Balaban J connectivity index is 1.94. The van der Waals surface area contributed by atoms with Crippen molar-refractivity contribution in [1.82, 2.24) is 9.55 Å². The third-order valence-corrected chi connectivity index (χ3v) is 5.17. The molecular formula is C23H21N3O4. The number of carbonyl (C=O) groups is 1. The van der Waals surface area contributed by atoms with Crippen molar-refractivity contribution in [2.75, 3.05) is 7.11 Å². The molecule has 0 saturated carbocycles. The maximum atomic E-state index is 13.6. The van der Waals surface area contributed by atoms with Crippen LogP contribution in [0.25, 0.3) is 0 Å². The Bertz CT molecular complexity index is 1180. The second kappa shape index (κ2) is 7.87. The maximum Gasteiger partial charge on any atom is 0.340 e. The highest BCUT2D eigenvalue weighted by Gasteiger charge is 2.38. The summed E-state index contributed by atoms with van der Waals surface area (Å²) < 4.78 is 12.3. The SMILES string of the molecule is COC(=O)C1=C(N)Oc2cc(C)n(Cc3cccnc3)c(=O)c2[C@H]1c1ccccc1. The minimum atomic E-state index is -0.698. The van der Waals surface area contributed by atoms with Crippen molar-refractivity contribution in [1.29, 1.82) is 0 Å². The molecule has 7 nitrogen and oxygen atoms in total. The third-order valence-electron chi connectivity index (χ3n) is 5.17. The van der Waals surface area contributed by atoms with Gasteiger partial charge in [-0.2, -0.15) is 0 Å². The number of nitrogens with zero attached hydrogens (tertiary/aromatic N) is 2. The molecule has 3 aromatic rings. The van der Waals surface area contributed by atoms with Gasteiger partial charge in [0, 0.05) is 24.2 Å². The van der Waals surface area contributed by atoms with Gasteiger partial charge >= 0.3 is 5.97 Å². The fourth-order valence-electron chi connectivity index (χ4n) is 3.74. The van der Waals surface area contributed by atoms with Gasteiger partial charge in [0.05, 0.1) is 25.1 Å². The first-order chi connectivity index (χ1) is 14.5. The second-order valence-electron chi connectivity index (χ2n) is 7.03. The van der Waals surface area contributed by atoms with Gasteiger partial charge in [0.1, 0.15) is 11.3 Å². The van der Waals surface area contributed by atoms with E-state index >= 15 is 0 Å². The Kier molecular flexibility index (Phi) is 5.10. The Morgan fingerprint density at radius 2 is 2.00 bits per heavy atom. The molecule has 1 aromatic carbocycles. The zero-order valence-electron chi connectivity index (χ0n) is 16.7. The van der Waals surface area contributed by atoms with Gasteiger partial charge in [0.2, 0.25) is 5.88 Å². The van der Waals surface area contributed by atoms with Crippen LogP contribution >= 0.6 is 0 Å². The number of hydrogen-bond acceptors (Lipinski definition) is 6. The number of ether oxygens (including phenoxy) is 2. The number of benzene rings is 1. The molecule has 0 fully saturated rings. The lowest BCUT2D eigenvalue weighted by Crippen LogP contribution is -2.35. The van der Waals surface area contributed by atoms with Crippen LogP contribution in [-0.2, 0) is 16.1 Å². The molecule has 0 saturated heterocycles. The number of methoxy groups -OCH3 is 1. The number of fused-ring (bicyclic) bond motifs is 1. The fraction of sp³-hybridized carbons (Fsp3) is 0.174. The molecule has 1 aliphatic rings. The maximum absolute atomic E-state index is 13.6. The second-order valence-corrected chi connectivity index (χ2v) is 7.03. The molecule has 152 valence electrons. The van der Waals surface area contributed by atoms with Crippen LogP contribution in [0.1, 0.15) is 28.3 Å². The summed E-state index contributed by atoms with van der Waals surface area (Å²) >= 11 is 0. The molecule has 2 N–H and O–H groups in total. The van der Waals surface area contributed by atoms with Crippen LogP contribution in [-0.4, -0.2) is 22.6 Å². The van der Waals surface area contributed by atoms with Gasteiger partial charge in [-0.15, -0.1) is 0 Å². The van der Waals surface area contributed by atoms with Crippen molar-refractivity contribution in [3.8, 4) is 5.75 Å². The van der Waals surface area contributed by atoms with E-state index in [0.29, 0.717) is 23.6 Å². The summed E-state index contributed by atoms with van der Waals surface area (Å²) in [5.74, 6) is -1.05. The molecule has 30 heavy (non-hydrogen) atoms. The Morgan fingerprint density at radius 3 is 2.67 bits per heavy atom. The van der Waals surface area contributed by atoms with E-state index in [2.05, 4.69) is 4.98 Å². The van der Waals surface area contributed by atoms with E-state index in [1.165, 1.54) is 7.11 Å². The standard InChI is InChI=1S/C23H21N3O4/c1-14-11-17-19(22(27)26(14)13-15-7-6-10-25-12-15)18(16-8-4-3-5-9-16)20(21(24)30-17)23(28)29-2/h3-12,18H,13,24H2,1-2H3/t18-/m1/s1. The summed E-state index contributed by atoms with van der Waals surface area (Å²) in [7, 11) is 1.27. The molecule has 0 bridgehead atoms. The predicted molar refractivity (Wildman–Crippen MR) is 111 cm³/mol. The highest BCUT2D eigenvalue weighted by molar-refractivity contribution is 5.92. The number of carbonyl (C=O) groups excluding carboxylic acids is 1. The number of pyridine rings is 2. The first kappa shape index (κ1) is 19.4. The lowest BCUT2D eigenvalue weighted by Gasteiger charge is -2.29. The van der Waals surface area contributed by atoms with E-state index in [0.717, 1.165) is 11.1 Å². The fourth-order valence-corrected chi connectivity index (χ4v) is 3.74. The molecule has 7 heteroatoms. The van der Waals surface area contributed by atoms with Gasteiger partial charge in [-0.25, -0.2) is 4.79 Å². The monoisotopic (exact) mass is 403 g/mol. The molecule has 1 atom stereocenters. The molecule has 1 aliphatic heterocycles. The predicted octanol–water partition coefficient (Wildman–Crippen LogP) is 2.47. The summed E-state index contributed by atoms with van der Waals surface area (Å²) in [4.78, 5) is 30.3. The van der Waals surface area contributed by atoms with Crippen molar-refractivity contribution in [2.24, 2.45) is 5.73 Å². The lowest BCUT2D eigenvalue weighted by atomic mass is 9.83. The van der Waals surface area contributed by atoms with Crippen LogP contribution in [0.15, 0.2) is 77.2 Å². The van der Waals surface area contributed by atoms with Gasteiger partial charge < -0.3 is 19.8 Å². The van der Waals surface area contributed by atoms with Crippen molar-refractivity contribution in [3.05, 3.63) is 105 Å². The Morgan fingerprint density at radius 1 is 1.23 bits per heavy atom. The average Bonchev–Trinajstić information content (AvgIpc) is 2.76. The highest BCUT2D eigenvalue weighted by Crippen LogP contribution is 2.41. The Labute approximate surface area is 173 Å². The summed E-state index contributed by atoms with van der Waals surface area (Å²) in [5.41, 5.74) is 8.66. The minimum Gasteiger partial charge on any atom is -0.465 e. The minimum absolute atomic E-state index is 0.0630. The van der Waals surface area contributed by atoms with Crippen LogP contribution in [0.3, 0.4) is 0 Å². The highest BCUT2D eigenvalue weighted by atomic mass is 16.5. The molecule has 0 amide bonds. The van der Waals surface area contributed by atoms with Crippen LogP contribution < -0.4 is 16.0 Å². The van der Waals surface area contributed by atoms with E-state index in [1.54, 1.807) is 23.0 Å². The largest absolute Gasteiger partial charge is 0.465 e. The van der Waals surface area contributed by atoms with Gasteiger partial charge in [0.15, 0.2) is 0 Å². The van der Waals surface area contributed by atoms with Gasteiger partial charge in [-0.05, 0) is 24.1 Å². The summed E-state index contributed by atoms with van der Waals surface area (Å²) in [6, 6.07) is 14.7. The molecule has 0 spiro atoms. The zero-order chi connectivity index (χ0) is 21.3. The van der Waals surface area contributed by atoms with Crippen molar-refractivity contribution in [2.45, 2.75) is 19.4 Å². The van der Waals surface area contributed by atoms with Crippen LogP contribution in [0.5, 0.6) is 5.75 Å². The van der Waals surface area contributed by atoms with Crippen LogP contribution in [0.4, 0.5) is 0 Å². The van der Waals surface area contributed by atoms with E-state index in [1.807, 2.05) is 49.4 Å². The van der Waals surface area contributed by atoms with Crippen LogP contribution in [0, 0.1) is 6.92 Å². The smallest absolute Gasteiger partial charge is 0.340 e. The van der Waals surface area contributed by atoms with Gasteiger partial charge in [0.25, 0.3) is 5.56 Å². The number of rotatable bonds is 4. The summed E-state index contributed by atoms with van der Waals surface area (Å²) in [6.45, 7) is 2.18. The number of nitrogens with two attached hydrogens (primary N) is 1. The molecule has 0 radical (unpaired) electrons. The molecule has 3 heterocycles. The normalized spacial score (nSPS) is 15.3. The molecular weight excluding hydrogens is 382 g/mol. The lowest BCUT2D eigenvalue weighted by molar-refractivity contribution is -0.136. The van der Waals surface area contributed by atoms with E-state index in [-0.39, 0.29) is 17.0 Å². The molecule has 2 aromatic heterocycles. The van der Waals surface area contributed by atoms with Gasteiger partial charge in [-0.3, -0.25) is 9.78 Å². The summed E-state index contributed by atoms with van der Waals surface area (Å²) in [6.07, 6.45) is 3.40. The van der Waals surface area contributed by atoms with Crippen LogP contribution in [0.2, 0.25) is 0 Å². The third kappa shape index (κ3) is 3.34. The first-order valence-corrected chi connectivity index (χ1v) is 9.45. The topological polar surface area (TPSA) is 96.4 Å². The Hall–Kier alpha value is -3.87. The van der Waals surface area contributed by atoms with E-state index < -0.39 is 11.9 Å². The van der Waals surface area contributed by atoms with Gasteiger partial charge in [-0.1, -0.05) is 36.4 Å². The van der Waals surface area contributed by atoms with E-state index in [4.69, 9.17) is 15.2 Å². The summed E-state index contributed by atoms with van der Waals surface area (Å²) in [5, 5.41) is 0. The van der Waals surface area contributed by atoms with E-state index in [9.17, 15) is 9.59 Å². The number of aromatic nitrogens is 2. The quantitative estimate of drug-likeness (QED) is 0.673. The van der Waals surface area contributed by atoms with Crippen molar-refractivity contribution < 1.29 is 14.3 Å². The average molecular weight is 403 g/mol. The molecule has 4 rings (SSSR count). The van der Waals surface area contributed by atoms with Crippen molar-refractivity contribution in [3.63, 3.8) is 0 Å². The number of esters is 1. The molecule has 0 aliphatic carbocycles. The molecule has 0 unspecified atom stereocenters. The zero-order valence-corrected chi connectivity index (χ0v) is 16.7. The number of hydrogen-bond donors (Lipinski definition) is 1.